The maximum Gasteiger partial charge on any atom is 0.165 e. The van der Waals surface area contributed by atoms with Gasteiger partial charge in [-0.3, -0.25) is 0 Å². The quantitative estimate of drug-likeness (QED) is 0.886. The molecule has 0 saturated carbocycles. The van der Waals surface area contributed by atoms with Crippen molar-refractivity contribution in [3.8, 4) is 5.75 Å². The zero-order chi connectivity index (χ0) is 12.3. The summed E-state index contributed by atoms with van der Waals surface area (Å²) in [6, 6.07) is 6.31. The lowest BCUT2D eigenvalue weighted by molar-refractivity contribution is 0.385. The highest BCUT2D eigenvalue weighted by atomic mass is 19.1. The highest BCUT2D eigenvalue weighted by Gasteiger charge is 2.11. The fourth-order valence-corrected chi connectivity index (χ4v) is 1.69. The van der Waals surface area contributed by atoms with Crippen molar-refractivity contribution in [1.82, 2.24) is 0 Å². The van der Waals surface area contributed by atoms with Crippen molar-refractivity contribution in [3.63, 3.8) is 0 Å². The van der Waals surface area contributed by atoms with Crippen LogP contribution in [0.3, 0.4) is 0 Å². The number of benzene rings is 1. The first-order valence-corrected chi connectivity index (χ1v) is 5.31. The summed E-state index contributed by atoms with van der Waals surface area (Å²) in [6.45, 7) is 0. The van der Waals surface area contributed by atoms with Crippen LogP contribution in [0.5, 0.6) is 5.75 Å². The Kier molecular flexibility index (Phi) is 3.44. The Hall–Kier alpha value is -1.81. The molecule has 17 heavy (non-hydrogen) atoms. The summed E-state index contributed by atoms with van der Waals surface area (Å²) in [5.41, 5.74) is 7.89. The van der Waals surface area contributed by atoms with Crippen LogP contribution in [-0.2, 0) is 6.42 Å². The third-order valence-electron chi connectivity index (χ3n) is 2.64. The first kappa shape index (κ1) is 11.7. The van der Waals surface area contributed by atoms with Gasteiger partial charge in [-0.15, -0.1) is 0 Å². The van der Waals surface area contributed by atoms with Gasteiger partial charge in [0.25, 0.3) is 0 Å². The van der Waals surface area contributed by atoms with E-state index in [4.69, 9.17) is 14.9 Å². The summed E-state index contributed by atoms with van der Waals surface area (Å²) in [6.07, 6.45) is 3.90. The predicted octanol–water partition coefficient (Wildman–Crippen LogP) is 2.67. The average molecular weight is 235 g/mol. The highest BCUT2D eigenvalue weighted by molar-refractivity contribution is 5.32. The van der Waals surface area contributed by atoms with E-state index < -0.39 is 0 Å². The van der Waals surface area contributed by atoms with Crippen molar-refractivity contribution in [2.45, 2.75) is 12.5 Å². The third kappa shape index (κ3) is 2.65. The summed E-state index contributed by atoms with van der Waals surface area (Å²) in [4.78, 5) is 0. The van der Waals surface area contributed by atoms with Crippen LogP contribution in [0.2, 0.25) is 0 Å². The van der Waals surface area contributed by atoms with Crippen molar-refractivity contribution in [1.29, 1.82) is 0 Å². The van der Waals surface area contributed by atoms with Crippen LogP contribution in [0.4, 0.5) is 4.39 Å². The zero-order valence-corrected chi connectivity index (χ0v) is 9.52. The van der Waals surface area contributed by atoms with Gasteiger partial charge in [0, 0.05) is 6.04 Å². The Morgan fingerprint density at radius 2 is 2.24 bits per heavy atom. The number of nitrogens with two attached hydrogens (primary N) is 1. The van der Waals surface area contributed by atoms with Gasteiger partial charge in [0.1, 0.15) is 0 Å². The minimum absolute atomic E-state index is 0.206. The van der Waals surface area contributed by atoms with E-state index in [0.29, 0.717) is 6.42 Å². The Morgan fingerprint density at radius 3 is 2.88 bits per heavy atom. The summed E-state index contributed by atoms with van der Waals surface area (Å²) < 4.78 is 23.1. The summed E-state index contributed by atoms with van der Waals surface area (Å²) in [7, 11) is 1.43. The van der Waals surface area contributed by atoms with E-state index in [1.165, 1.54) is 13.2 Å². The number of ether oxygens (including phenoxy) is 1. The molecule has 0 aliphatic rings. The lowest BCUT2D eigenvalue weighted by atomic mass is 10.0. The molecule has 0 saturated heterocycles. The van der Waals surface area contributed by atoms with E-state index in [9.17, 15) is 4.39 Å². The lowest BCUT2D eigenvalue weighted by Crippen LogP contribution is -2.13. The van der Waals surface area contributed by atoms with Crippen molar-refractivity contribution < 1.29 is 13.5 Å². The molecule has 1 atom stereocenters. The monoisotopic (exact) mass is 235 g/mol. The normalized spacial score (nSPS) is 12.4. The van der Waals surface area contributed by atoms with Gasteiger partial charge in [-0.25, -0.2) is 4.39 Å². The van der Waals surface area contributed by atoms with Gasteiger partial charge in [0.05, 0.1) is 19.6 Å². The molecule has 0 spiro atoms. The minimum Gasteiger partial charge on any atom is -0.494 e. The molecule has 1 heterocycles. The number of hydrogen-bond donors (Lipinski definition) is 1. The standard InChI is InChI=1S/C13H14FNO2/c1-16-13-7-10(2-3-11(13)14)12(15)6-9-4-5-17-8-9/h2-5,7-8,12H,6,15H2,1H3. The molecule has 4 heteroatoms. The topological polar surface area (TPSA) is 48.4 Å². The molecule has 0 fully saturated rings. The molecule has 0 aliphatic carbocycles. The molecule has 0 amide bonds. The van der Waals surface area contributed by atoms with Crippen molar-refractivity contribution in [3.05, 3.63) is 53.7 Å². The molecule has 1 unspecified atom stereocenters. The third-order valence-corrected chi connectivity index (χ3v) is 2.64. The van der Waals surface area contributed by atoms with E-state index in [1.807, 2.05) is 6.07 Å². The molecule has 3 nitrogen and oxygen atoms in total. The SMILES string of the molecule is COc1cc(C(N)Cc2ccoc2)ccc1F. The molecule has 1 aromatic heterocycles. The van der Waals surface area contributed by atoms with E-state index in [2.05, 4.69) is 0 Å². The number of furan rings is 1. The number of halogens is 1. The first-order chi connectivity index (χ1) is 8.20. The van der Waals surface area contributed by atoms with Crippen molar-refractivity contribution >= 4 is 0 Å². The fraction of sp³-hybridized carbons (Fsp3) is 0.231. The molecule has 1 aromatic carbocycles. The second-order valence-corrected chi connectivity index (χ2v) is 3.84. The minimum atomic E-state index is -0.383. The molecule has 2 N–H and O–H groups in total. The van der Waals surface area contributed by atoms with Crippen LogP contribution in [-0.4, -0.2) is 7.11 Å². The highest BCUT2D eigenvalue weighted by Crippen LogP contribution is 2.23. The smallest absolute Gasteiger partial charge is 0.165 e. The zero-order valence-electron chi connectivity index (χ0n) is 9.52. The molecule has 0 bridgehead atoms. The molecule has 90 valence electrons. The average Bonchev–Trinajstić information content (AvgIpc) is 2.82. The van der Waals surface area contributed by atoms with Crippen LogP contribution < -0.4 is 10.5 Å². The van der Waals surface area contributed by atoms with E-state index in [-0.39, 0.29) is 17.6 Å². The van der Waals surface area contributed by atoms with Crippen LogP contribution >= 0.6 is 0 Å². The molecule has 0 aliphatic heterocycles. The Morgan fingerprint density at radius 1 is 1.41 bits per heavy atom. The van der Waals surface area contributed by atoms with E-state index in [0.717, 1.165) is 11.1 Å². The number of rotatable bonds is 4. The Balaban J connectivity index is 2.16. The first-order valence-electron chi connectivity index (χ1n) is 5.31. The molecular formula is C13H14FNO2. The van der Waals surface area contributed by atoms with E-state index >= 15 is 0 Å². The molecule has 2 rings (SSSR count). The maximum atomic E-state index is 13.2. The van der Waals surface area contributed by atoms with Crippen molar-refractivity contribution in [2.75, 3.05) is 7.11 Å². The second kappa shape index (κ2) is 5.01. The largest absolute Gasteiger partial charge is 0.494 e. The van der Waals surface area contributed by atoms with Gasteiger partial charge in [0.2, 0.25) is 0 Å². The van der Waals surface area contributed by atoms with E-state index in [1.54, 1.807) is 24.7 Å². The lowest BCUT2D eigenvalue weighted by Gasteiger charge is -2.12. The van der Waals surface area contributed by atoms with Gasteiger partial charge >= 0.3 is 0 Å². The predicted molar refractivity (Wildman–Crippen MR) is 62.3 cm³/mol. The van der Waals surface area contributed by atoms with Crippen LogP contribution in [0.15, 0.2) is 41.2 Å². The number of methoxy groups -OCH3 is 1. The molecule has 0 radical (unpaired) electrons. The van der Waals surface area contributed by atoms with Gasteiger partial charge < -0.3 is 14.9 Å². The molecule has 2 aromatic rings. The summed E-state index contributed by atoms with van der Waals surface area (Å²) in [5, 5.41) is 0. The van der Waals surface area contributed by atoms with Crippen LogP contribution in [0.25, 0.3) is 0 Å². The Labute approximate surface area is 99.0 Å². The van der Waals surface area contributed by atoms with Crippen molar-refractivity contribution in [2.24, 2.45) is 5.73 Å². The van der Waals surface area contributed by atoms with Crippen LogP contribution in [0, 0.1) is 5.82 Å². The molecular weight excluding hydrogens is 221 g/mol. The number of hydrogen-bond acceptors (Lipinski definition) is 3. The fourth-order valence-electron chi connectivity index (χ4n) is 1.69. The van der Waals surface area contributed by atoms with Crippen LogP contribution in [0.1, 0.15) is 17.2 Å². The van der Waals surface area contributed by atoms with Gasteiger partial charge in [-0.2, -0.15) is 0 Å². The second-order valence-electron chi connectivity index (χ2n) is 3.84. The maximum absolute atomic E-state index is 13.2. The Bertz CT molecular complexity index is 482. The summed E-state index contributed by atoms with van der Waals surface area (Å²) in [5.74, 6) is -0.170. The van der Waals surface area contributed by atoms with Gasteiger partial charge in [-0.05, 0) is 35.7 Å². The van der Waals surface area contributed by atoms with Gasteiger partial charge in [-0.1, -0.05) is 6.07 Å². The van der Waals surface area contributed by atoms with Gasteiger partial charge in [0.15, 0.2) is 11.6 Å². The summed E-state index contributed by atoms with van der Waals surface area (Å²) >= 11 is 0.